The Morgan fingerprint density at radius 3 is 2.30 bits per heavy atom. The maximum atomic E-state index is 12.1. The van der Waals surface area contributed by atoms with E-state index in [-0.39, 0.29) is 23.2 Å². The Morgan fingerprint density at radius 2 is 1.89 bits per heavy atom. The van der Waals surface area contributed by atoms with E-state index in [0.717, 1.165) is 25.9 Å². The van der Waals surface area contributed by atoms with Crippen molar-refractivity contribution in [2.75, 3.05) is 13.1 Å². The maximum Gasteiger partial charge on any atom is 0.490 e. The predicted octanol–water partition coefficient (Wildman–Crippen LogP) is 1.87. The zero-order valence-electron chi connectivity index (χ0n) is 15.3. The van der Waals surface area contributed by atoms with Crippen molar-refractivity contribution in [3.63, 3.8) is 0 Å². The number of rotatable bonds is 2. The molecule has 2 aliphatic rings. The molecule has 27 heavy (non-hydrogen) atoms. The highest BCUT2D eigenvalue weighted by Crippen LogP contribution is 2.45. The number of carbonyl (C=O) groups excluding carboxylic acids is 1. The van der Waals surface area contributed by atoms with Crippen LogP contribution < -0.4 is 10.6 Å². The number of carboxylic acid groups (broad SMARTS) is 1. The Hall–Kier alpha value is -2.17. The van der Waals surface area contributed by atoms with Crippen LogP contribution in [-0.4, -0.2) is 52.4 Å². The summed E-state index contributed by atoms with van der Waals surface area (Å²) in [4.78, 5) is 25.2. The molecule has 1 spiro atoms. The predicted molar refractivity (Wildman–Crippen MR) is 87.1 cm³/mol. The fourth-order valence-electron chi connectivity index (χ4n) is 3.10. The van der Waals surface area contributed by atoms with E-state index in [1.165, 1.54) is 6.42 Å². The van der Waals surface area contributed by atoms with Crippen LogP contribution in [0.2, 0.25) is 0 Å². The van der Waals surface area contributed by atoms with E-state index in [1.807, 2.05) is 20.8 Å². The molecular formula is C16H23F3N4O4. The standard InChI is InChI=1S/C14H22N4O2.C2HF3O2/c1-13(2,3)12-17-10(18-20-12)11(19)16-9-6-14(7-9)4-5-15-8-14;3-2(4,5)1(6)7/h9,15H,4-8H2,1-3H3,(H,16,19);(H,6,7). The minimum atomic E-state index is -5.08. The highest BCUT2D eigenvalue weighted by atomic mass is 19.4. The Morgan fingerprint density at radius 1 is 1.30 bits per heavy atom. The lowest BCUT2D eigenvalue weighted by Gasteiger charge is -2.44. The SMILES string of the molecule is CC(C)(C)c1nc(C(=O)NC2CC3(CCNC3)C2)no1.O=C(O)C(F)(F)F. The Balaban J connectivity index is 0.000000321. The molecule has 8 nitrogen and oxygen atoms in total. The van der Waals surface area contributed by atoms with Crippen LogP contribution in [0.3, 0.4) is 0 Å². The van der Waals surface area contributed by atoms with Gasteiger partial charge in [-0.3, -0.25) is 4.79 Å². The van der Waals surface area contributed by atoms with Gasteiger partial charge in [-0.25, -0.2) is 4.79 Å². The molecule has 2 fully saturated rings. The first-order valence-electron chi connectivity index (χ1n) is 8.48. The van der Waals surface area contributed by atoms with Crippen LogP contribution in [0.5, 0.6) is 0 Å². The number of aliphatic carboxylic acids is 1. The number of nitrogens with one attached hydrogen (secondary N) is 2. The summed E-state index contributed by atoms with van der Waals surface area (Å²) in [5.74, 6) is -2.35. The molecule has 0 unspecified atom stereocenters. The third-order valence-corrected chi connectivity index (χ3v) is 4.54. The van der Waals surface area contributed by atoms with Gasteiger partial charge in [0.2, 0.25) is 5.89 Å². The number of hydrogen-bond acceptors (Lipinski definition) is 6. The van der Waals surface area contributed by atoms with E-state index in [4.69, 9.17) is 14.4 Å². The van der Waals surface area contributed by atoms with Crippen LogP contribution in [0.1, 0.15) is 56.5 Å². The highest BCUT2D eigenvalue weighted by molar-refractivity contribution is 5.90. The minimum Gasteiger partial charge on any atom is -0.475 e. The fourth-order valence-corrected chi connectivity index (χ4v) is 3.10. The average Bonchev–Trinajstić information content (AvgIpc) is 3.15. The molecule has 3 rings (SSSR count). The van der Waals surface area contributed by atoms with Crippen molar-refractivity contribution in [3.8, 4) is 0 Å². The molecule has 1 aliphatic carbocycles. The van der Waals surface area contributed by atoms with Crippen molar-refractivity contribution >= 4 is 11.9 Å². The van der Waals surface area contributed by atoms with Crippen LogP contribution in [0.4, 0.5) is 13.2 Å². The van der Waals surface area contributed by atoms with Gasteiger partial charge in [0.25, 0.3) is 11.7 Å². The lowest BCUT2D eigenvalue weighted by atomic mass is 9.65. The number of halogens is 3. The average molecular weight is 392 g/mol. The van der Waals surface area contributed by atoms with E-state index < -0.39 is 12.1 Å². The second-order valence-electron chi connectivity index (χ2n) is 7.98. The largest absolute Gasteiger partial charge is 0.490 e. The molecule has 1 aromatic rings. The zero-order valence-corrected chi connectivity index (χ0v) is 15.3. The van der Waals surface area contributed by atoms with Gasteiger partial charge < -0.3 is 20.3 Å². The number of nitrogens with zero attached hydrogens (tertiary/aromatic N) is 2. The quantitative estimate of drug-likeness (QED) is 0.703. The molecule has 0 aromatic carbocycles. The number of hydrogen-bond donors (Lipinski definition) is 3. The molecule has 1 aliphatic heterocycles. The Kier molecular flexibility index (Phi) is 5.83. The monoisotopic (exact) mass is 392 g/mol. The molecule has 0 bridgehead atoms. The first-order valence-corrected chi connectivity index (χ1v) is 8.48. The number of aromatic nitrogens is 2. The van der Waals surface area contributed by atoms with E-state index in [0.29, 0.717) is 11.3 Å². The van der Waals surface area contributed by atoms with Gasteiger partial charge in [-0.15, -0.1) is 0 Å². The first-order chi connectivity index (χ1) is 12.3. The van der Waals surface area contributed by atoms with Crippen LogP contribution in [0, 0.1) is 5.41 Å². The third kappa shape index (κ3) is 5.41. The Labute approximate surface area is 153 Å². The van der Waals surface area contributed by atoms with E-state index in [1.54, 1.807) is 0 Å². The molecule has 1 saturated carbocycles. The summed E-state index contributed by atoms with van der Waals surface area (Å²) in [6.45, 7) is 8.11. The molecule has 1 amide bonds. The van der Waals surface area contributed by atoms with Gasteiger partial charge in [-0.1, -0.05) is 25.9 Å². The summed E-state index contributed by atoms with van der Waals surface area (Å²) in [7, 11) is 0. The van der Waals surface area contributed by atoms with Crippen LogP contribution >= 0.6 is 0 Å². The van der Waals surface area contributed by atoms with E-state index in [9.17, 15) is 18.0 Å². The van der Waals surface area contributed by atoms with Crippen molar-refractivity contribution < 1.29 is 32.4 Å². The second-order valence-corrected chi connectivity index (χ2v) is 7.98. The molecular weight excluding hydrogens is 369 g/mol. The Bertz CT molecular complexity index is 683. The van der Waals surface area contributed by atoms with Crippen molar-refractivity contribution in [2.45, 2.75) is 57.7 Å². The minimum absolute atomic E-state index is 0.139. The number of amides is 1. The molecule has 11 heteroatoms. The number of carboxylic acids is 1. The van der Waals surface area contributed by atoms with Crippen molar-refractivity contribution in [1.29, 1.82) is 0 Å². The molecule has 0 atom stereocenters. The number of carbonyl (C=O) groups is 2. The summed E-state index contributed by atoms with van der Waals surface area (Å²) >= 11 is 0. The van der Waals surface area contributed by atoms with Crippen LogP contribution in [-0.2, 0) is 10.2 Å². The molecule has 1 aromatic heterocycles. The van der Waals surface area contributed by atoms with Crippen molar-refractivity contribution in [1.82, 2.24) is 20.8 Å². The summed E-state index contributed by atoms with van der Waals surface area (Å²) in [5.41, 5.74) is 0.188. The summed E-state index contributed by atoms with van der Waals surface area (Å²) in [6, 6.07) is 0.249. The van der Waals surface area contributed by atoms with Crippen LogP contribution in [0.15, 0.2) is 4.52 Å². The van der Waals surface area contributed by atoms with Gasteiger partial charge in [-0.05, 0) is 31.2 Å². The summed E-state index contributed by atoms with van der Waals surface area (Å²) < 4.78 is 36.9. The topological polar surface area (TPSA) is 117 Å². The molecule has 152 valence electrons. The lowest BCUT2D eigenvalue weighted by molar-refractivity contribution is -0.192. The van der Waals surface area contributed by atoms with E-state index in [2.05, 4.69) is 20.8 Å². The molecule has 1 saturated heterocycles. The van der Waals surface area contributed by atoms with E-state index >= 15 is 0 Å². The smallest absolute Gasteiger partial charge is 0.475 e. The second kappa shape index (κ2) is 7.45. The third-order valence-electron chi connectivity index (χ3n) is 4.54. The first kappa shape index (κ1) is 21.1. The van der Waals surface area contributed by atoms with Gasteiger partial charge in [0, 0.05) is 18.0 Å². The molecule has 2 heterocycles. The van der Waals surface area contributed by atoms with Gasteiger partial charge in [0.1, 0.15) is 0 Å². The van der Waals surface area contributed by atoms with Gasteiger partial charge in [0.15, 0.2) is 0 Å². The van der Waals surface area contributed by atoms with Crippen LogP contribution in [0.25, 0.3) is 0 Å². The molecule has 3 N–H and O–H groups in total. The van der Waals surface area contributed by atoms with Crippen molar-refractivity contribution in [3.05, 3.63) is 11.7 Å². The normalized spacial score (nSPS) is 24.7. The lowest BCUT2D eigenvalue weighted by Crippen LogP contribution is -2.51. The van der Waals surface area contributed by atoms with Gasteiger partial charge in [-0.2, -0.15) is 18.2 Å². The van der Waals surface area contributed by atoms with Gasteiger partial charge >= 0.3 is 12.1 Å². The maximum absolute atomic E-state index is 12.1. The highest BCUT2D eigenvalue weighted by Gasteiger charge is 2.46. The number of alkyl halides is 3. The zero-order chi connectivity index (χ0) is 20.5. The molecule has 0 radical (unpaired) electrons. The fraction of sp³-hybridized carbons (Fsp3) is 0.750. The van der Waals surface area contributed by atoms with Crippen molar-refractivity contribution in [2.24, 2.45) is 5.41 Å². The summed E-state index contributed by atoms with van der Waals surface area (Å²) in [6.07, 6.45) is -1.76. The van der Waals surface area contributed by atoms with Gasteiger partial charge in [0.05, 0.1) is 0 Å². The summed E-state index contributed by atoms with van der Waals surface area (Å²) in [5, 5.41) is 17.3.